The first-order valence-corrected chi connectivity index (χ1v) is 10.3. The molecule has 6 nitrogen and oxygen atoms in total. The summed E-state index contributed by atoms with van der Waals surface area (Å²) in [4.78, 5) is 29.8. The first-order valence-electron chi connectivity index (χ1n) is 9.12. The van der Waals surface area contributed by atoms with Crippen molar-refractivity contribution in [3.63, 3.8) is 0 Å². The van der Waals surface area contributed by atoms with Crippen LogP contribution < -0.4 is 10.5 Å². The van der Waals surface area contributed by atoms with E-state index in [1.54, 1.807) is 16.4 Å². The zero-order chi connectivity index (χ0) is 19.7. The van der Waals surface area contributed by atoms with Gasteiger partial charge in [-0.3, -0.25) is 19.1 Å². The average molecular weight is 403 g/mol. The highest BCUT2D eigenvalue weighted by molar-refractivity contribution is 8.26. The number of amides is 1. The highest BCUT2D eigenvalue weighted by Crippen LogP contribution is 2.36. The van der Waals surface area contributed by atoms with Crippen molar-refractivity contribution in [2.45, 2.75) is 40.2 Å². The van der Waals surface area contributed by atoms with E-state index in [0.29, 0.717) is 27.9 Å². The molecule has 142 valence electrons. The van der Waals surface area contributed by atoms with Crippen molar-refractivity contribution in [1.29, 1.82) is 5.26 Å². The fourth-order valence-corrected chi connectivity index (χ4v) is 4.98. The molecule has 0 N–H and O–H groups in total. The largest absolute Gasteiger partial charge is 0.357 e. The van der Waals surface area contributed by atoms with Crippen LogP contribution in [0.15, 0.2) is 9.70 Å². The standard InChI is InChI=1S/C19H22N4O2S2/c1-4-22-16(21-8-6-7-9-21)13(12(3)14(11-20)17(22)24)10-15-18(25)23(5-2)19(26)27-15/h10H,4-9H2,1-3H3/b15-10+. The third kappa shape index (κ3) is 3.30. The van der Waals surface area contributed by atoms with Gasteiger partial charge in [0.1, 0.15) is 21.8 Å². The summed E-state index contributed by atoms with van der Waals surface area (Å²) in [7, 11) is 0. The van der Waals surface area contributed by atoms with Crippen LogP contribution in [0.2, 0.25) is 0 Å². The molecule has 1 aromatic heterocycles. The van der Waals surface area contributed by atoms with Gasteiger partial charge in [0.2, 0.25) is 0 Å². The van der Waals surface area contributed by atoms with Gasteiger partial charge < -0.3 is 4.90 Å². The maximum atomic E-state index is 12.8. The number of nitrogens with zero attached hydrogens (tertiary/aromatic N) is 4. The van der Waals surface area contributed by atoms with E-state index in [2.05, 4.69) is 11.0 Å². The van der Waals surface area contributed by atoms with E-state index in [1.807, 2.05) is 19.9 Å². The smallest absolute Gasteiger partial charge is 0.270 e. The number of thiocarbonyl (C=S) groups is 1. The summed E-state index contributed by atoms with van der Waals surface area (Å²) in [5, 5.41) is 9.54. The van der Waals surface area contributed by atoms with Crippen molar-refractivity contribution in [3.05, 3.63) is 31.9 Å². The van der Waals surface area contributed by atoms with E-state index < -0.39 is 0 Å². The van der Waals surface area contributed by atoms with Gasteiger partial charge in [-0.25, -0.2) is 0 Å². The van der Waals surface area contributed by atoms with Crippen LogP contribution in [0, 0.1) is 18.3 Å². The molecule has 1 aromatic rings. The summed E-state index contributed by atoms with van der Waals surface area (Å²) in [6.07, 6.45) is 3.94. The summed E-state index contributed by atoms with van der Waals surface area (Å²) < 4.78 is 2.20. The summed E-state index contributed by atoms with van der Waals surface area (Å²) >= 11 is 6.58. The molecule has 2 fully saturated rings. The van der Waals surface area contributed by atoms with E-state index in [9.17, 15) is 14.9 Å². The molecule has 1 amide bonds. The van der Waals surface area contributed by atoms with Crippen molar-refractivity contribution in [2.75, 3.05) is 24.5 Å². The Bertz CT molecular complexity index is 936. The second-order valence-corrected chi connectivity index (χ2v) is 8.19. The van der Waals surface area contributed by atoms with Gasteiger partial charge in [0.15, 0.2) is 0 Å². The predicted molar refractivity (Wildman–Crippen MR) is 113 cm³/mol. The normalized spacial score (nSPS) is 18.7. The second-order valence-electron chi connectivity index (χ2n) is 6.52. The van der Waals surface area contributed by atoms with Crippen molar-refractivity contribution < 1.29 is 4.79 Å². The average Bonchev–Trinajstić information content (AvgIpc) is 3.26. The maximum Gasteiger partial charge on any atom is 0.270 e. The van der Waals surface area contributed by atoms with Crippen molar-refractivity contribution in [1.82, 2.24) is 9.47 Å². The Labute approximate surface area is 168 Å². The van der Waals surface area contributed by atoms with Crippen molar-refractivity contribution >= 4 is 46.1 Å². The number of carbonyl (C=O) groups excluding carboxylic acids is 1. The Kier molecular flexibility index (Phi) is 5.72. The number of nitriles is 1. The van der Waals surface area contributed by atoms with Gasteiger partial charge in [-0.1, -0.05) is 24.0 Å². The fraction of sp³-hybridized carbons (Fsp3) is 0.474. The lowest BCUT2D eigenvalue weighted by atomic mass is 10.0. The van der Waals surface area contributed by atoms with Crippen molar-refractivity contribution in [3.8, 4) is 6.07 Å². The predicted octanol–water partition coefficient (Wildman–Crippen LogP) is 2.87. The molecule has 8 heteroatoms. The van der Waals surface area contributed by atoms with Crippen LogP contribution in [-0.4, -0.2) is 39.3 Å². The van der Waals surface area contributed by atoms with Gasteiger partial charge in [-0.05, 0) is 45.3 Å². The lowest BCUT2D eigenvalue weighted by Crippen LogP contribution is -2.32. The van der Waals surface area contributed by atoms with Gasteiger partial charge in [-0.2, -0.15) is 5.26 Å². The molecule has 0 radical (unpaired) electrons. The molecule has 0 saturated carbocycles. The van der Waals surface area contributed by atoms with Crippen LogP contribution in [0.3, 0.4) is 0 Å². The number of pyridine rings is 1. The number of hydrogen-bond acceptors (Lipinski definition) is 6. The Morgan fingerprint density at radius 3 is 2.41 bits per heavy atom. The molecule has 0 bridgehead atoms. The zero-order valence-corrected chi connectivity index (χ0v) is 17.4. The molecule has 0 atom stereocenters. The molecule has 0 unspecified atom stereocenters. The molecular weight excluding hydrogens is 380 g/mol. The molecule has 0 spiro atoms. The fourth-order valence-electron chi connectivity index (χ4n) is 3.61. The van der Waals surface area contributed by atoms with E-state index in [4.69, 9.17) is 12.2 Å². The van der Waals surface area contributed by atoms with Gasteiger partial charge >= 0.3 is 0 Å². The first-order chi connectivity index (χ1) is 12.9. The molecule has 2 saturated heterocycles. The summed E-state index contributed by atoms with van der Waals surface area (Å²) in [5.74, 6) is 0.685. The molecule has 3 heterocycles. The molecule has 0 aromatic carbocycles. The Hall–Kier alpha value is -2.11. The topological polar surface area (TPSA) is 69.3 Å². The number of hydrogen-bond donors (Lipinski definition) is 0. The van der Waals surface area contributed by atoms with Crippen LogP contribution in [-0.2, 0) is 11.3 Å². The number of likely N-dealkylation sites (N-methyl/N-ethyl adjacent to an activating group) is 1. The number of rotatable bonds is 4. The van der Waals surface area contributed by atoms with Gasteiger partial charge in [0, 0.05) is 31.7 Å². The van der Waals surface area contributed by atoms with E-state index in [-0.39, 0.29) is 17.0 Å². The molecule has 0 aliphatic carbocycles. The molecule has 2 aliphatic rings. The summed E-state index contributed by atoms with van der Waals surface area (Å²) in [6, 6.07) is 2.05. The monoisotopic (exact) mass is 402 g/mol. The molecule has 3 rings (SSSR count). The minimum absolute atomic E-state index is 0.118. The summed E-state index contributed by atoms with van der Waals surface area (Å²) in [5.41, 5.74) is 1.26. The Balaban J connectivity index is 2.27. The van der Waals surface area contributed by atoms with Gasteiger partial charge in [-0.15, -0.1) is 0 Å². The molecule has 2 aliphatic heterocycles. The van der Waals surface area contributed by atoms with Gasteiger partial charge in [0.05, 0.1) is 4.91 Å². The van der Waals surface area contributed by atoms with Crippen LogP contribution >= 0.6 is 24.0 Å². The Morgan fingerprint density at radius 2 is 1.89 bits per heavy atom. The summed E-state index contributed by atoms with van der Waals surface area (Å²) in [6.45, 7) is 8.29. The highest BCUT2D eigenvalue weighted by atomic mass is 32.2. The quantitative estimate of drug-likeness (QED) is 0.570. The lowest BCUT2D eigenvalue weighted by Gasteiger charge is -2.26. The van der Waals surface area contributed by atoms with Crippen LogP contribution in [0.1, 0.15) is 43.4 Å². The third-order valence-corrected chi connectivity index (χ3v) is 6.41. The minimum atomic E-state index is -0.266. The minimum Gasteiger partial charge on any atom is -0.357 e. The lowest BCUT2D eigenvalue weighted by molar-refractivity contribution is -0.121. The second kappa shape index (κ2) is 7.87. The van der Waals surface area contributed by atoms with Crippen LogP contribution in [0.4, 0.5) is 5.82 Å². The SMILES string of the molecule is CCN1C(=O)/C(=C\c2c(C)c(C#N)c(=O)n(CC)c2N2CCCC2)SC1=S. The molecule has 27 heavy (non-hydrogen) atoms. The Morgan fingerprint density at radius 1 is 1.22 bits per heavy atom. The highest BCUT2D eigenvalue weighted by Gasteiger charge is 2.32. The van der Waals surface area contributed by atoms with Crippen molar-refractivity contribution in [2.24, 2.45) is 0 Å². The maximum absolute atomic E-state index is 12.8. The number of anilines is 1. The van der Waals surface area contributed by atoms with Crippen LogP contribution in [0.25, 0.3) is 6.08 Å². The van der Waals surface area contributed by atoms with E-state index in [1.165, 1.54) is 11.8 Å². The number of carbonyl (C=O) groups is 1. The van der Waals surface area contributed by atoms with Crippen LogP contribution in [0.5, 0.6) is 0 Å². The molecular formula is C19H22N4O2S2. The van der Waals surface area contributed by atoms with E-state index in [0.717, 1.165) is 37.3 Å². The zero-order valence-electron chi connectivity index (χ0n) is 15.7. The number of aromatic nitrogens is 1. The first kappa shape index (κ1) is 19.6. The van der Waals surface area contributed by atoms with Gasteiger partial charge in [0.25, 0.3) is 11.5 Å². The third-order valence-electron chi connectivity index (χ3n) is 5.03. The number of thioether (sulfide) groups is 1. The van der Waals surface area contributed by atoms with E-state index >= 15 is 0 Å².